The summed E-state index contributed by atoms with van der Waals surface area (Å²) in [7, 11) is 0. The molecule has 2 aliphatic heterocycles. The molecule has 0 aliphatic carbocycles. The van der Waals surface area contributed by atoms with Crippen molar-refractivity contribution >= 4 is 28.7 Å². The summed E-state index contributed by atoms with van der Waals surface area (Å²) in [6.07, 6.45) is 1.09. The Balaban J connectivity index is 1.28. The molecule has 4 rings (SSSR count). The van der Waals surface area contributed by atoms with E-state index in [1.807, 2.05) is 10.7 Å². The zero-order valence-corrected chi connectivity index (χ0v) is 17.3. The van der Waals surface area contributed by atoms with Crippen molar-refractivity contribution in [2.45, 2.75) is 26.6 Å². The molecule has 2 aliphatic rings. The lowest BCUT2D eigenvalue weighted by Crippen LogP contribution is -3.27. The van der Waals surface area contributed by atoms with Gasteiger partial charge in [0.1, 0.15) is 32.7 Å². The van der Waals surface area contributed by atoms with Crippen LogP contribution in [-0.2, 0) is 13.2 Å². The lowest BCUT2D eigenvalue weighted by atomic mass is 10.1. The molecule has 146 valence electrons. The summed E-state index contributed by atoms with van der Waals surface area (Å²) in [6.45, 7) is 9.90. The van der Waals surface area contributed by atoms with Crippen LogP contribution in [0.3, 0.4) is 0 Å². The average Bonchev–Trinajstić information content (AvgIpc) is 3.28. The Morgan fingerprint density at radius 3 is 2.78 bits per heavy atom. The first-order chi connectivity index (χ1) is 13.2. The second-order valence-electron chi connectivity index (χ2n) is 7.12. The lowest BCUT2D eigenvalue weighted by Gasteiger charge is -2.29. The van der Waals surface area contributed by atoms with Crippen LogP contribution in [0.25, 0.3) is 0 Å². The smallest absolute Gasteiger partial charge is 0.231 e. The summed E-state index contributed by atoms with van der Waals surface area (Å²) >= 11 is 7.05. The minimum atomic E-state index is 0.336. The van der Waals surface area contributed by atoms with E-state index in [1.54, 1.807) is 21.1 Å². The summed E-state index contributed by atoms with van der Waals surface area (Å²) < 4.78 is 13.7. The molecule has 27 heavy (non-hydrogen) atoms. The fraction of sp³-hybridized carbons (Fsp3) is 0.556. The van der Waals surface area contributed by atoms with Gasteiger partial charge in [-0.15, -0.1) is 5.10 Å². The Morgan fingerprint density at radius 1 is 1.19 bits per heavy atom. The molecule has 0 saturated carbocycles. The minimum Gasteiger partial charge on any atom is -0.454 e. The highest BCUT2D eigenvalue weighted by atomic mass is 32.1. The van der Waals surface area contributed by atoms with Crippen LogP contribution in [0.15, 0.2) is 18.2 Å². The Bertz CT molecular complexity index is 829. The third-order valence-corrected chi connectivity index (χ3v) is 6.33. The molecule has 7 nitrogen and oxygen atoms in total. The number of nitrogens with zero attached hydrogens (tertiary/aromatic N) is 2. The monoisotopic (exact) mass is 409 g/mol. The maximum Gasteiger partial charge on any atom is 0.231 e. The van der Waals surface area contributed by atoms with Gasteiger partial charge < -0.3 is 24.6 Å². The van der Waals surface area contributed by atoms with Gasteiger partial charge in [-0.25, -0.2) is 0 Å². The van der Waals surface area contributed by atoms with E-state index in [0.717, 1.165) is 72.9 Å². The molecule has 3 N–H and O–H groups in total. The average molecular weight is 410 g/mol. The zero-order valence-electron chi connectivity index (χ0n) is 15.6. The topological polar surface area (TPSA) is 57.2 Å². The molecule has 1 aromatic heterocycles. The van der Waals surface area contributed by atoms with Crippen molar-refractivity contribution in [1.82, 2.24) is 9.78 Å². The standard InChI is InChI=1S/C18H25N5O2S2/c1-2-5-19-17-20-23(18(26)27-17)12-22-8-6-21(7-9-22)11-14-3-4-15-16(10-14)25-13-24-15/h3-4,10H,2,5-9,11-13H2,1H3,(H,19,20)/p+2. The van der Waals surface area contributed by atoms with E-state index in [4.69, 9.17) is 21.7 Å². The van der Waals surface area contributed by atoms with Crippen molar-refractivity contribution in [2.75, 3.05) is 44.8 Å². The predicted octanol–water partition coefficient (Wildman–Crippen LogP) is 0.166. The number of anilines is 1. The van der Waals surface area contributed by atoms with Gasteiger partial charge in [-0.2, -0.15) is 4.68 Å². The first-order valence-corrected chi connectivity index (χ1v) is 10.8. The number of quaternary nitrogens is 2. The van der Waals surface area contributed by atoms with Crippen LogP contribution in [0, 0.1) is 3.95 Å². The highest BCUT2D eigenvalue weighted by Gasteiger charge is 2.24. The van der Waals surface area contributed by atoms with Gasteiger partial charge in [0, 0.05) is 12.1 Å². The summed E-state index contributed by atoms with van der Waals surface area (Å²) in [5.41, 5.74) is 1.31. The largest absolute Gasteiger partial charge is 0.454 e. The molecule has 2 aromatic rings. The highest BCUT2D eigenvalue weighted by Crippen LogP contribution is 2.32. The van der Waals surface area contributed by atoms with Gasteiger partial charge in [0.05, 0.1) is 0 Å². The summed E-state index contributed by atoms with van der Waals surface area (Å²) in [4.78, 5) is 3.16. The van der Waals surface area contributed by atoms with E-state index >= 15 is 0 Å². The third kappa shape index (κ3) is 4.60. The quantitative estimate of drug-likeness (QED) is 0.569. The van der Waals surface area contributed by atoms with Gasteiger partial charge in [-0.05, 0) is 36.8 Å². The molecule has 3 heterocycles. The van der Waals surface area contributed by atoms with Gasteiger partial charge >= 0.3 is 0 Å². The lowest BCUT2D eigenvalue weighted by molar-refractivity contribution is -1.03. The second kappa shape index (κ2) is 8.55. The number of aromatic nitrogens is 2. The number of benzene rings is 1. The normalized spacial score (nSPS) is 21.4. The van der Waals surface area contributed by atoms with Gasteiger partial charge in [0.25, 0.3) is 0 Å². The van der Waals surface area contributed by atoms with Crippen LogP contribution in [0.1, 0.15) is 18.9 Å². The molecule has 0 amide bonds. The Morgan fingerprint density at radius 2 is 1.96 bits per heavy atom. The zero-order chi connectivity index (χ0) is 18.6. The van der Waals surface area contributed by atoms with Gasteiger partial charge in [-0.1, -0.05) is 18.3 Å². The first kappa shape index (κ1) is 18.7. The van der Waals surface area contributed by atoms with Gasteiger partial charge in [0.2, 0.25) is 11.9 Å². The molecular formula is C18H27N5O2S2+2. The number of fused-ring (bicyclic) bond motifs is 1. The SMILES string of the molecule is CCCNc1nn(C[NH+]2CC[NH+](Cc3ccc4c(c3)OCO4)CC2)c(=S)s1. The summed E-state index contributed by atoms with van der Waals surface area (Å²) in [5.74, 6) is 1.73. The molecular weight excluding hydrogens is 382 g/mol. The van der Waals surface area contributed by atoms with E-state index < -0.39 is 0 Å². The van der Waals surface area contributed by atoms with E-state index in [-0.39, 0.29) is 0 Å². The van der Waals surface area contributed by atoms with Crippen molar-refractivity contribution < 1.29 is 19.3 Å². The van der Waals surface area contributed by atoms with E-state index in [9.17, 15) is 0 Å². The summed E-state index contributed by atoms with van der Waals surface area (Å²) in [6, 6.07) is 6.29. The van der Waals surface area contributed by atoms with Crippen molar-refractivity contribution in [3.8, 4) is 11.5 Å². The highest BCUT2D eigenvalue weighted by molar-refractivity contribution is 7.73. The van der Waals surface area contributed by atoms with Crippen molar-refractivity contribution in [3.63, 3.8) is 0 Å². The molecule has 0 atom stereocenters. The van der Waals surface area contributed by atoms with E-state index in [1.165, 1.54) is 5.56 Å². The molecule has 1 aromatic carbocycles. The Hall–Kier alpha value is -1.68. The molecule has 0 bridgehead atoms. The number of nitrogens with one attached hydrogen (secondary N) is 3. The van der Waals surface area contributed by atoms with Crippen LogP contribution in [0.5, 0.6) is 11.5 Å². The number of rotatable bonds is 7. The van der Waals surface area contributed by atoms with Crippen LogP contribution < -0.4 is 24.6 Å². The number of piperazine rings is 1. The second-order valence-corrected chi connectivity index (χ2v) is 8.74. The molecule has 0 spiro atoms. The molecule has 9 heteroatoms. The molecule has 0 radical (unpaired) electrons. The van der Waals surface area contributed by atoms with Crippen molar-refractivity contribution in [3.05, 3.63) is 27.7 Å². The number of ether oxygens (including phenoxy) is 2. The van der Waals surface area contributed by atoms with Crippen LogP contribution in [0.4, 0.5) is 5.13 Å². The van der Waals surface area contributed by atoms with Crippen molar-refractivity contribution in [2.24, 2.45) is 0 Å². The van der Waals surface area contributed by atoms with Crippen LogP contribution in [0.2, 0.25) is 0 Å². The van der Waals surface area contributed by atoms with Crippen LogP contribution >= 0.6 is 23.6 Å². The number of hydrogen-bond donors (Lipinski definition) is 3. The van der Waals surface area contributed by atoms with Gasteiger partial charge in [0.15, 0.2) is 22.1 Å². The Kier molecular flexibility index (Phi) is 5.92. The molecule has 0 unspecified atom stereocenters. The van der Waals surface area contributed by atoms with Crippen LogP contribution in [-0.4, -0.2) is 49.3 Å². The molecule has 1 fully saturated rings. The van der Waals surface area contributed by atoms with E-state index in [0.29, 0.717) is 6.79 Å². The minimum absolute atomic E-state index is 0.336. The predicted molar refractivity (Wildman–Crippen MR) is 107 cm³/mol. The van der Waals surface area contributed by atoms with E-state index in [2.05, 4.69) is 29.5 Å². The summed E-state index contributed by atoms with van der Waals surface area (Å²) in [5, 5.41) is 8.90. The fourth-order valence-electron chi connectivity index (χ4n) is 3.55. The maximum atomic E-state index is 5.49. The first-order valence-electron chi connectivity index (χ1n) is 9.58. The Labute approximate surface area is 168 Å². The fourth-order valence-corrected chi connectivity index (χ4v) is 4.58. The number of hydrogen-bond acceptors (Lipinski definition) is 6. The molecule has 1 saturated heterocycles. The van der Waals surface area contributed by atoms with Crippen molar-refractivity contribution in [1.29, 1.82) is 0 Å². The third-order valence-electron chi connectivity index (χ3n) is 5.06. The maximum absolute atomic E-state index is 5.49. The van der Waals surface area contributed by atoms with Gasteiger partial charge in [-0.3, -0.25) is 0 Å².